The fourth-order valence-corrected chi connectivity index (χ4v) is 3.12. The first kappa shape index (κ1) is 17.3. The van der Waals surface area contributed by atoms with Gasteiger partial charge in [0.1, 0.15) is 12.4 Å². The standard InChI is InChI=1S/C16H21N9O2/c1-8(2)5-11(16-21-14(25-27-16)13-18-7-19-24-13)20-15(26)12-9-6-17-4-3-10(9)22-23-12/h7-8,11,17H,3-6H2,1-2H3,(H,20,26)(H,22,23)(H,18,19,24). The Kier molecular flexibility index (Phi) is 4.67. The van der Waals surface area contributed by atoms with Crippen molar-refractivity contribution in [2.24, 2.45) is 5.92 Å². The Hall–Kier alpha value is -3.08. The Morgan fingerprint density at radius 3 is 3.04 bits per heavy atom. The smallest absolute Gasteiger partial charge is 0.272 e. The summed E-state index contributed by atoms with van der Waals surface area (Å²) in [6.45, 7) is 5.62. The van der Waals surface area contributed by atoms with Crippen molar-refractivity contribution >= 4 is 5.91 Å². The molecule has 0 spiro atoms. The highest BCUT2D eigenvalue weighted by Gasteiger charge is 2.27. The first-order chi connectivity index (χ1) is 13.1. The molecule has 3 aromatic rings. The van der Waals surface area contributed by atoms with Gasteiger partial charge in [0.2, 0.25) is 11.7 Å². The van der Waals surface area contributed by atoms with Crippen LogP contribution in [0.15, 0.2) is 10.9 Å². The van der Waals surface area contributed by atoms with E-state index in [1.165, 1.54) is 6.33 Å². The third kappa shape index (κ3) is 3.58. The number of nitrogens with one attached hydrogen (secondary N) is 4. The van der Waals surface area contributed by atoms with Gasteiger partial charge in [0.25, 0.3) is 5.91 Å². The van der Waals surface area contributed by atoms with Gasteiger partial charge in [-0.2, -0.15) is 15.2 Å². The lowest BCUT2D eigenvalue weighted by atomic mass is 10.0. The van der Waals surface area contributed by atoms with Crippen molar-refractivity contribution < 1.29 is 9.32 Å². The molecule has 3 aromatic heterocycles. The van der Waals surface area contributed by atoms with E-state index in [2.05, 4.69) is 60.0 Å². The number of rotatable bonds is 6. The van der Waals surface area contributed by atoms with Crippen molar-refractivity contribution in [2.45, 2.75) is 39.3 Å². The molecular formula is C16H21N9O2. The maximum Gasteiger partial charge on any atom is 0.272 e. The van der Waals surface area contributed by atoms with E-state index in [-0.39, 0.29) is 5.91 Å². The maximum absolute atomic E-state index is 12.8. The van der Waals surface area contributed by atoms with Crippen LogP contribution >= 0.6 is 0 Å². The molecule has 1 aliphatic rings. The number of nitrogens with zero attached hydrogens (tertiary/aromatic N) is 5. The third-order valence-corrected chi connectivity index (χ3v) is 4.40. The van der Waals surface area contributed by atoms with Crippen LogP contribution in [0.3, 0.4) is 0 Å². The number of fused-ring (bicyclic) bond motifs is 1. The van der Waals surface area contributed by atoms with Gasteiger partial charge < -0.3 is 15.2 Å². The minimum Gasteiger partial charge on any atom is -0.339 e. The first-order valence-electron chi connectivity index (χ1n) is 8.89. The summed E-state index contributed by atoms with van der Waals surface area (Å²) in [5.74, 6) is 1.08. The Labute approximate surface area is 154 Å². The van der Waals surface area contributed by atoms with E-state index in [9.17, 15) is 4.79 Å². The number of H-pyrrole nitrogens is 2. The summed E-state index contributed by atoms with van der Waals surface area (Å²) in [7, 11) is 0. The molecule has 27 heavy (non-hydrogen) atoms. The summed E-state index contributed by atoms with van der Waals surface area (Å²) in [5, 5.41) is 23.8. The zero-order chi connectivity index (χ0) is 18.8. The lowest BCUT2D eigenvalue weighted by Gasteiger charge is -2.17. The number of carbonyl (C=O) groups excluding carboxylic acids is 1. The Morgan fingerprint density at radius 1 is 1.37 bits per heavy atom. The van der Waals surface area contributed by atoms with Gasteiger partial charge in [0.05, 0.1) is 0 Å². The van der Waals surface area contributed by atoms with Gasteiger partial charge in [-0.05, 0) is 12.3 Å². The van der Waals surface area contributed by atoms with Crippen molar-refractivity contribution in [3.63, 3.8) is 0 Å². The first-order valence-corrected chi connectivity index (χ1v) is 8.89. The molecule has 4 heterocycles. The lowest BCUT2D eigenvalue weighted by molar-refractivity contribution is 0.0916. The molecule has 4 N–H and O–H groups in total. The van der Waals surface area contributed by atoms with Gasteiger partial charge in [-0.1, -0.05) is 19.0 Å². The summed E-state index contributed by atoms with van der Waals surface area (Å²) in [4.78, 5) is 21.2. The van der Waals surface area contributed by atoms with Crippen LogP contribution in [0.4, 0.5) is 0 Å². The van der Waals surface area contributed by atoms with Crippen LogP contribution in [-0.4, -0.2) is 48.0 Å². The molecule has 0 aromatic carbocycles. The number of hydrogen-bond acceptors (Lipinski definition) is 8. The molecule has 0 aliphatic carbocycles. The van der Waals surface area contributed by atoms with Crippen molar-refractivity contribution in [2.75, 3.05) is 6.54 Å². The molecule has 142 valence electrons. The second-order valence-corrected chi connectivity index (χ2v) is 6.90. The summed E-state index contributed by atoms with van der Waals surface area (Å²) in [6.07, 6.45) is 2.84. The van der Waals surface area contributed by atoms with Gasteiger partial charge >= 0.3 is 0 Å². The van der Waals surface area contributed by atoms with Gasteiger partial charge in [-0.15, -0.1) is 0 Å². The van der Waals surface area contributed by atoms with Gasteiger partial charge in [0, 0.05) is 30.8 Å². The predicted octanol–water partition coefficient (Wildman–Crippen LogP) is 0.741. The molecule has 11 nitrogen and oxygen atoms in total. The van der Waals surface area contributed by atoms with Gasteiger partial charge in [-0.3, -0.25) is 15.0 Å². The Morgan fingerprint density at radius 2 is 2.26 bits per heavy atom. The van der Waals surface area contributed by atoms with E-state index >= 15 is 0 Å². The van der Waals surface area contributed by atoms with Crippen molar-refractivity contribution in [3.8, 4) is 11.6 Å². The molecule has 0 saturated carbocycles. The minimum absolute atomic E-state index is 0.263. The molecule has 0 saturated heterocycles. The molecule has 0 fully saturated rings. The Bertz CT molecular complexity index is 912. The monoisotopic (exact) mass is 371 g/mol. The number of amides is 1. The second-order valence-electron chi connectivity index (χ2n) is 6.90. The number of carbonyl (C=O) groups is 1. The van der Waals surface area contributed by atoms with Crippen molar-refractivity contribution in [1.29, 1.82) is 0 Å². The topological polar surface area (TPSA) is 150 Å². The van der Waals surface area contributed by atoms with E-state index in [4.69, 9.17) is 4.52 Å². The average molecular weight is 371 g/mol. The molecule has 1 amide bonds. The largest absolute Gasteiger partial charge is 0.339 e. The maximum atomic E-state index is 12.8. The lowest BCUT2D eigenvalue weighted by Crippen LogP contribution is -2.32. The van der Waals surface area contributed by atoms with E-state index in [1.54, 1.807) is 0 Å². The number of aromatic amines is 2. The SMILES string of the molecule is CC(C)CC(NC(=O)c1n[nH]c2c1CNCC2)c1nc(-c2ncn[nH]2)no1. The second kappa shape index (κ2) is 7.27. The minimum atomic E-state index is -0.425. The summed E-state index contributed by atoms with van der Waals surface area (Å²) in [6, 6.07) is -0.425. The molecule has 1 atom stereocenters. The zero-order valence-electron chi connectivity index (χ0n) is 15.1. The highest BCUT2D eigenvalue weighted by Crippen LogP contribution is 2.23. The van der Waals surface area contributed by atoms with E-state index < -0.39 is 6.04 Å². The normalized spacial score (nSPS) is 14.9. The van der Waals surface area contributed by atoms with Crippen LogP contribution in [-0.2, 0) is 13.0 Å². The molecule has 0 radical (unpaired) electrons. The highest BCUT2D eigenvalue weighted by atomic mass is 16.5. The van der Waals surface area contributed by atoms with Crippen LogP contribution in [0.2, 0.25) is 0 Å². The zero-order valence-corrected chi connectivity index (χ0v) is 15.1. The van der Waals surface area contributed by atoms with Gasteiger partial charge in [0.15, 0.2) is 11.5 Å². The predicted molar refractivity (Wildman–Crippen MR) is 93.3 cm³/mol. The van der Waals surface area contributed by atoms with E-state index in [0.29, 0.717) is 42.1 Å². The molecule has 1 unspecified atom stereocenters. The van der Waals surface area contributed by atoms with Crippen LogP contribution in [0, 0.1) is 5.92 Å². The molecule has 0 bridgehead atoms. The van der Waals surface area contributed by atoms with E-state index in [0.717, 1.165) is 24.2 Å². The van der Waals surface area contributed by atoms with Crippen LogP contribution in [0.1, 0.15) is 53.9 Å². The van der Waals surface area contributed by atoms with Crippen molar-refractivity contribution in [1.82, 2.24) is 46.2 Å². The van der Waals surface area contributed by atoms with Crippen LogP contribution in [0.5, 0.6) is 0 Å². The quantitative estimate of drug-likeness (QED) is 0.495. The molecule has 11 heteroatoms. The molecule has 1 aliphatic heterocycles. The molecule has 4 rings (SSSR count). The average Bonchev–Trinajstić information content (AvgIpc) is 3.39. The number of aromatic nitrogens is 7. The highest BCUT2D eigenvalue weighted by molar-refractivity contribution is 5.94. The Balaban J connectivity index is 1.56. The summed E-state index contributed by atoms with van der Waals surface area (Å²) in [5.41, 5.74) is 2.32. The molecular weight excluding hydrogens is 350 g/mol. The van der Waals surface area contributed by atoms with Crippen LogP contribution < -0.4 is 10.6 Å². The summed E-state index contributed by atoms with van der Waals surface area (Å²) >= 11 is 0. The van der Waals surface area contributed by atoms with Crippen LogP contribution in [0.25, 0.3) is 11.6 Å². The fraction of sp³-hybridized carbons (Fsp3) is 0.500. The van der Waals surface area contributed by atoms with E-state index in [1.807, 2.05) is 0 Å². The van der Waals surface area contributed by atoms with Gasteiger partial charge in [-0.25, -0.2) is 4.98 Å². The summed E-state index contributed by atoms with van der Waals surface area (Å²) < 4.78 is 5.38. The number of hydrogen-bond donors (Lipinski definition) is 4. The third-order valence-electron chi connectivity index (χ3n) is 4.40. The van der Waals surface area contributed by atoms with Crippen molar-refractivity contribution in [3.05, 3.63) is 29.2 Å². The fourth-order valence-electron chi connectivity index (χ4n) is 3.12.